The molecule has 0 heterocycles. The molecule has 0 radical (unpaired) electrons. The molecular weight excluding hydrogens is 194 g/mol. The lowest BCUT2D eigenvalue weighted by molar-refractivity contribution is 0.652. The van der Waals surface area contributed by atoms with Gasteiger partial charge >= 0.3 is 0 Å². The fraction of sp³-hybridized carbons (Fsp3) is 0.200. The lowest BCUT2D eigenvalue weighted by atomic mass is 10.0. The molecule has 1 nitrogen and oxygen atoms in total. The van der Waals surface area contributed by atoms with E-state index in [-0.39, 0.29) is 0 Å². The lowest BCUT2D eigenvalue weighted by Gasteiger charge is -2.11. The highest BCUT2D eigenvalue weighted by molar-refractivity contribution is 5.63. The molecule has 0 saturated heterocycles. The van der Waals surface area contributed by atoms with Gasteiger partial charge in [-0.05, 0) is 30.7 Å². The van der Waals surface area contributed by atoms with E-state index in [4.69, 9.17) is 0 Å². The highest BCUT2D eigenvalue weighted by Gasteiger charge is 2.02. The first-order chi connectivity index (χ1) is 7.81. The fourth-order valence-corrected chi connectivity index (χ4v) is 1.76. The maximum absolute atomic E-state index is 3.24. The van der Waals surface area contributed by atoms with Gasteiger partial charge in [-0.1, -0.05) is 54.6 Å². The molecule has 1 unspecified atom stereocenters. The van der Waals surface area contributed by atoms with Crippen molar-refractivity contribution in [3.8, 4) is 11.1 Å². The second kappa shape index (κ2) is 4.95. The van der Waals surface area contributed by atoms with E-state index in [0.717, 1.165) is 0 Å². The molecule has 2 aromatic carbocycles. The summed E-state index contributed by atoms with van der Waals surface area (Å²) in [6.07, 6.45) is 0. The van der Waals surface area contributed by atoms with Crippen molar-refractivity contribution in [1.82, 2.24) is 5.32 Å². The van der Waals surface area contributed by atoms with Crippen LogP contribution in [0.5, 0.6) is 0 Å². The Balaban J connectivity index is 2.26. The van der Waals surface area contributed by atoms with Gasteiger partial charge in [0.2, 0.25) is 0 Å². The Bertz CT molecular complexity index is 431. The van der Waals surface area contributed by atoms with Gasteiger partial charge in [0.05, 0.1) is 0 Å². The zero-order chi connectivity index (χ0) is 11.4. The van der Waals surface area contributed by atoms with Crippen molar-refractivity contribution < 1.29 is 0 Å². The standard InChI is InChI=1S/C15H17N/c1-12(16-2)13-8-10-15(11-9-13)14-6-4-3-5-7-14/h3-12,16H,1-2H3. The van der Waals surface area contributed by atoms with Gasteiger partial charge in [0.25, 0.3) is 0 Å². The van der Waals surface area contributed by atoms with E-state index in [9.17, 15) is 0 Å². The molecule has 1 atom stereocenters. The molecule has 0 aromatic heterocycles. The minimum atomic E-state index is 0.407. The maximum Gasteiger partial charge on any atom is 0.0289 e. The van der Waals surface area contributed by atoms with Crippen LogP contribution in [-0.2, 0) is 0 Å². The summed E-state index contributed by atoms with van der Waals surface area (Å²) in [6.45, 7) is 2.16. The second-order valence-electron chi connectivity index (χ2n) is 4.00. The molecule has 0 aliphatic carbocycles. The first-order valence-electron chi connectivity index (χ1n) is 5.64. The minimum absolute atomic E-state index is 0.407. The summed E-state index contributed by atoms with van der Waals surface area (Å²) in [7, 11) is 1.98. The maximum atomic E-state index is 3.24. The smallest absolute Gasteiger partial charge is 0.0289 e. The minimum Gasteiger partial charge on any atom is -0.313 e. The molecule has 1 heteroatoms. The monoisotopic (exact) mass is 211 g/mol. The molecule has 16 heavy (non-hydrogen) atoms. The predicted octanol–water partition coefficient (Wildman–Crippen LogP) is 3.63. The molecule has 0 aliphatic heterocycles. The highest BCUT2D eigenvalue weighted by Crippen LogP contribution is 2.21. The van der Waals surface area contributed by atoms with Crippen molar-refractivity contribution in [2.75, 3.05) is 7.05 Å². The number of benzene rings is 2. The van der Waals surface area contributed by atoms with Crippen molar-refractivity contribution >= 4 is 0 Å². The Labute approximate surface area is 97.1 Å². The number of nitrogens with one attached hydrogen (secondary N) is 1. The van der Waals surface area contributed by atoms with Crippen LogP contribution in [0.15, 0.2) is 54.6 Å². The summed E-state index contributed by atoms with van der Waals surface area (Å²) in [5, 5.41) is 3.24. The van der Waals surface area contributed by atoms with Crippen LogP contribution >= 0.6 is 0 Å². The first kappa shape index (κ1) is 10.9. The van der Waals surface area contributed by atoms with Crippen LogP contribution in [0, 0.1) is 0 Å². The van der Waals surface area contributed by atoms with E-state index in [1.807, 2.05) is 13.1 Å². The average Bonchev–Trinajstić information content (AvgIpc) is 2.39. The van der Waals surface area contributed by atoms with Crippen LogP contribution in [0.1, 0.15) is 18.5 Å². The third kappa shape index (κ3) is 2.31. The average molecular weight is 211 g/mol. The molecule has 2 rings (SSSR count). The van der Waals surface area contributed by atoms with Crippen LogP contribution in [0.4, 0.5) is 0 Å². The number of rotatable bonds is 3. The van der Waals surface area contributed by atoms with Gasteiger partial charge in [-0.3, -0.25) is 0 Å². The molecule has 82 valence electrons. The summed E-state index contributed by atoms with van der Waals surface area (Å²) >= 11 is 0. The van der Waals surface area contributed by atoms with Crippen molar-refractivity contribution in [2.45, 2.75) is 13.0 Å². The Morgan fingerprint density at radius 1 is 0.812 bits per heavy atom. The Morgan fingerprint density at radius 3 is 1.94 bits per heavy atom. The van der Waals surface area contributed by atoms with Crippen molar-refractivity contribution in [1.29, 1.82) is 0 Å². The molecular formula is C15H17N. The van der Waals surface area contributed by atoms with E-state index < -0.39 is 0 Å². The van der Waals surface area contributed by atoms with Crippen LogP contribution in [0.2, 0.25) is 0 Å². The SMILES string of the molecule is CNC(C)c1ccc(-c2ccccc2)cc1. The van der Waals surface area contributed by atoms with E-state index in [2.05, 4.69) is 60.8 Å². The molecule has 0 fully saturated rings. The van der Waals surface area contributed by atoms with E-state index >= 15 is 0 Å². The highest BCUT2D eigenvalue weighted by atomic mass is 14.8. The summed E-state index contributed by atoms with van der Waals surface area (Å²) in [4.78, 5) is 0. The fourth-order valence-electron chi connectivity index (χ4n) is 1.76. The molecule has 2 aromatic rings. The molecule has 1 N–H and O–H groups in total. The van der Waals surface area contributed by atoms with Crippen molar-refractivity contribution in [3.63, 3.8) is 0 Å². The molecule has 0 bridgehead atoms. The Morgan fingerprint density at radius 2 is 1.38 bits per heavy atom. The Kier molecular flexibility index (Phi) is 3.37. The number of hydrogen-bond acceptors (Lipinski definition) is 1. The summed E-state index contributed by atoms with van der Waals surface area (Å²) in [5.74, 6) is 0. The van der Waals surface area contributed by atoms with Gasteiger partial charge in [-0.2, -0.15) is 0 Å². The molecule has 0 saturated carbocycles. The van der Waals surface area contributed by atoms with E-state index in [1.165, 1.54) is 16.7 Å². The van der Waals surface area contributed by atoms with Crippen molar-refractivity contribution in [3.05, 3.63) is 60.2 Å². The zero-order valence-electron chi connectivity index (χ0n) is 9.77. The normalized spacial score (nSPS) is 12.4. The third-order valence-corrected chi connectivity index (χ3v) is 2.95. The van der Waals surface area contributed by atoms with Crippen LogP contribution in [-0.4, -0.2) is 7.05 Å². The summed E-state index contributed by atoms with van der Waals surface area (Å²) in [5.41, 5.74) is 3.86. The predicted molar refractivity (Wildman–Crippen MR) is 69.4 cm³/mol. The summed E-state index contributed by atoms with van der Waals surface area (Å²) in [6, 6.07) is 19.6. The van der Waals surface area contributed by atoms with Gasteiger partial charge in [0, 0.05) is 6.04 Å². The topological polar surface area (TPSA) is 12.0 Å². The lowest BCUT2D eigenvalue weighted by Crippen LogP contribution is -2.11. The van der Waals surface area contributed by atoms with Crippen LogP contribution in [0.25, 0.3) is 11.1 Å². The van der Waals surface area contributed by atoms with Crippen molar-refractivity contribution in [2.24, 2.45) is 0 Å². The molecule has 0 spiro atoms. The van der Waals surface area contributed by atoms with Crippen LogP contribution < -0.4 is 5.32 Å². The summed E-state index contributed by atoms with van der Waals surface area (Å²) < 4.78 is 0. The quantitative estimate of drug-likeness (QED) is 0.817. The Hall–Kier alpha value is -1.60. The largest absolute Gasteiger partial charge is 0.313 e. The third-order valence-electron chi connectivity index (χ3n) is 2.95. The van der Waals surface area contributed by atoms with Gasteiger partial charge < -0.3 is 5.32 Å². The number of hydrogen-bond donors (Lipinski definition) is 1. The zero-order valence-corrected chi connectivity index (χ0v) is 9.77. The first-order valence-corrected chi connectivity index (χ1v) is 5.64. The second-order valence-corrected chi connectivity index (χ2v) is 4.00. The van der Waals surface area contributed by atoms with Gasteiger partial charge in [0.15, 0.2) is 0 Å². The molecule has 0 amide bonds. The van der Waals surface area contributed by atoms with E-state index in [0.29, 0.717) is 6.04 Å². The van der Waals surface area contributed by atoms with Gasteiger partial charge in [-0.25, -0.2) is 0 Å². The van der Waals surface area contributed by atoms with Crippen LogP contribution in [0.3, 0.4) is 0 Å². The van der Waals surface area contributed by atoms with Gasteiger partial charge in [-0.15, -0.1) is 0 Å². The van der Waals surface area contributed by atoms with E-state index in [1.54, 1.807) is 0 Å². The molecule has 0 aliphatic rings. The van der Waals surface area contributed by atoms with Gasteiger partial charge in [0.1, 0.15) is 0 Å².